The van der Waals surface area contributed by atoms with Gasteiger partial charge in [0.15, 0.2) is 0 Å². The van der Waals surface area contributed by atoms with E-state index in [1.165, 1.54) is 11.1 Å². The number of benzene rings is 1. The summed E-state index contributed by atoms with van der Waals surface area (Å²) in [7, 11) is -2.71. The second-order valence-corrected chi connectivity index (χ2v) is 11.6. The second kappa shape index (κ2) is 9.73. The molecule has 29 heavy (non-hydrogen) atoms. The van der Waals surface area contributed by atoms with Crippen LogP contribution in [0.3, 0.4) is 0 Å². The van der Waals surface area contributed by atoms with Crippen LogP contribution in [-0.2, 0) is 24.4 Å². The van der Waals surface area contributed by atoms with Gasteiger partial charge in [0.25, 0.3) is 0 Å². The summed E-state index contributed by atoms with van der Waals surface area (Å²) in [6, 6.07) is 7.11. The fourth-order valence-electron chi connectivity index (χ4n) is 4.32. The van der Waals surface area contributed by atoms with E-state index < -0.39 is 8.80 Å². The quantitative estimate of drug-likeness (QED) is 0.480. The van der Waals surface area contributed by atoms with Gasteiger partial charge in [0.05, 0.1) is 5.54 Å². The molecule has 1 aromatic rings. The molecule has 0 aromatic heterocycles. The molecule has 0 spiro atoms. The van der Waals surface area contributed by atoms with Crippen molar-refractivity contribution in [1.82, 2.24) is 0 Å². The van der Waals surface area contributed by atoms with Crippen molar-refractivity contribution in [3.63, 3.8) is 0 Å². The Balaban J connectivity index is 2.38. The van der Waals surface area contributed by atoms with E-state index in [0.717, 1.165) is 30.3 Å². The van der Waals surface area contributed by atoms with E-state index in [9.17, 15) is 0 Å². The van der Waals surface area contributed by atoms with Crippen molar-refractivity contribution < 1.29 is 18.0 Å². The van der Waals surface area contributed by atoms with Crippen LogP contribution < -0.4 is 0 Å². The summed E-state index contributed by atoms with van der Waals surface area (Å²) in [5.41, 5.74) is 3.07. The van der Waals surface area contributed by atoms with Crippen molar-refractivity contribution in [2.24, 2.45) is 4.99 Å². The minimum Gasteiger partial charge on any atom is -0.471 e. The fraction of sp³-hybridized carbons (Fsp3) is 0.696. The first-order valence-corrected chi connectivity index (χ1v) is 12.8. The zero-order chi connectivity index (χ0) is 21.7. The first-order chi connectivity index (χ1) is 13.6. The van der Waals surface area contributed by atoms with Gasteiger partial charge in [-0.15, -0.1) is 0 Å². The van der Waals surface area contributed by atoms with Gasteiger partial charge in [0, 0.05) is 37.8 Å². The van der Waals surface area contributed by atoms with Crippen LogP contribution in [0.2, 0.25) is 6.04 Å². The monoisotopic (exact) mass is 421 g/mol. The molecule has 0 unspecified atom stereocenters. The molecule has 0 saturated heterocycles. The third-order valence-electron chi connectivity index (χ3n) is 5.00. The predicted octanol–water partition coefficient (Wildman–Crippen LogP) is 5.31. The van der Waals surface area contributed by atoms with Gasteiger partial charge in [-0.05, 0) is 72.9 Å². The standard InChI is InChI=1S/C23H39NO4Si/c1-9-25-29(26-10-2,27-11-3)16-15-19-14-12-13-18(4)20(19)21-24-22(5,6)17-23(7,8)28-21/h12-14H,9-11,15-17H2,1-8H3. The van der Waals surface area contributed by atoms with Gasteiger partial charge in [-0.3, -0.25) is 0 Å². The molecular weight excluding hydrogens is 382 g/mol. The maximum absolute atomic E-state index is 6.36. The van der Waals surface area contributed by atoms with E-state index >= 15 is 0 Å². The van der Waals surface area contributed by atoms with Crippen molar-refractivity contribution >= 4 is 14.7 Å². The van der Waals surface area contributed by atoms with Gasteiger partial charge < -0.3 is 18.0 Å². The van der Waals surface area contributed by atoms with Crippen molar-refractivity contribution in [1.29, 1.82) is 0 Å². The number of ether oxygens (including phenoxy) is 1. The van der Waals surface area contributed by atoms with Crippen molar-refractivity contribution in [2.45, 2.75) is 85.4 Å². The maximum Gasteiger partial charge on any atom is 0.501 e. The molecule has 0 saturated carbocycles. The lowest BCUT2D eigenvalue weighted by molar-refractivity contribution is 0.0471. The number of hydrogen-bond acceptors (Lipinski definition) is 5. The average molecular weight is 422 g/mol. The second-order valence-electron chi connectivity index (χ2n) is 8.86. The molecule has 164 valence electrons. The van der Waals surface area contributed by atoms with E-state index in [0.29, 0.717) is 19.8 Å². The summed E-state index contributed by atoms with van der Waals surface area (Å²) in [5.74, 6) is 0.746. The third-order valence-corrected chi connectivity index (χ3v) is 8.05. The van der Waals surface area contributed by atoms with Gasteiger partial charge in [-0.2, -0.15) is 0 Å². The summed E-state index contributed by atoms with van der Waals surface area (Å²) in [6.45, 7) is 18.5. The van der Waals surface area contributed by atoms with Gasteiger partial charge in [-0.1, -0.05) is 18.2 Å². The SMILES string of the molecule is CCO[Si](CCc1cccc(C)c1C1=NC(C)(C)CC(C)(C)O1)(OCC)OCC. The largest absolute Gasteiger partial charge is 0.501 e. The lowest BCUT2D eigenvalue weighted by Gasteiger charge is -2.39. The Hall–Kier alpha value is -1.21. The summed E-state index contributed by atoms with van der Waals surface area (Å²) >= 11 is 0. The lowest BCUT2D eigenvalue weighted by Crippen LogP contribution is -2.46. The highest BCUT2D eigenvalue weighted by Gasteiger charge is 2.41. The number of aryl methyl sites for hydroxylation is 2. The molecular formula is C23H39NO4Si. The highest BCUT2D eigenvalue weighted by atomic mass is 28.4. The molecule has 1 aliphatic heterocycles. The molecule has 0 radical (unpaired) electrons. The Labute approximate surface area is 178 Å². The van der Waals surface area contributed by atoms with E-state index in [1.807, 2.05) is 20.8 Å². The van der Waals surface area contributed by atoms with Crippen molar-refractivity contribution in [3.05, 3.63) is 34.9 Å². The van der Waals surface area contributed by atoms with Crippen molar-refractivity contribution in [2.75, 3.05) is 19.8 Å². The van der Waals surface area contributed by atoms with E-state index in [2.05, 4.69) is 52.8 Å². The Morgan fingerprint density at radius 1 is 1.00 bits per heavy atom. The molecule has 2 rings (SSSR count). The number of aliphatic imine (C=N–C) groups is 1. The van der Waals surface area contributed by atoms with Gasteiger partial charge in [0.2, 0.25) is 5.90 Å². The normalized spacial score (nSPS) is 18.3. The molecule has 5 nitrogen and oxygen atoms in total. The molecule has 1 aliphatic rings. The van der Waals surface area contributed by atoms with Crippen LogP contribution >= 0.6 is 0 Å². The van der Waals surface area contributed by atoms with Crippen LogP contribution in [-0.4, -0.2) is 45.7 Å². The number of nitrogens with zero attached hydrogens (tertiary/aromatic N) is 1. The predicted molar refractivity (Wildman–Crippen MR) is 121 cm³/mol. The number of rotatable bonds is 10. The smallest absolute Gasteiger partial charge is 0.471 e. The molecule has 1 heterocycles. The molecule has 0 amide bonds. The van der Waals surface area contributed by atoms with Crippen LogP contribution in [0.1, 0.15) is 71.6 Å². The molecule has 6 heteroatoms. The Kier molecular flexibility index (Phi) is 8.07. The van der Waals surface area contributed by atoms with Crippen LogP contribution in [0, 0.1) is 6.92 Å². The lowest BCUT2D eigenvalue weighted by atomic mass is 9.87. The molecule has 0 N–H and O–H groups in total. The summed E-state index contributed by atoms with van der Waals surface area (Å²) in [6.07, 6.45) is 1.69. The van der Waals surface area contributed by atoms with Gasteiger partial charge >= 0.3 is 8.80 Å². The van der Waals surface area contributed by atoms with Crippen LogP contribution in [0.4, 0.5) is 0 Å². The molecule has 0 atom stereocenters. The van der Waals surface area contributed by atoms with E-state index in [1.54, 1.807) is 0 Å². The molecule has 0 bridgehead atoms. The van der Waals surface area contributed by atoms with Crippen LogP contribution in [0.5, 0.6) is 0 Å². The zero-order valence-electron chi connectivity index (χ0n) is 19.6. The highest BCUT2D eigenvalue weighted by Crippen LogP contribution is 2.35. The topological polar surface area (TPSA) is 49.3 Å². The average Bonchev–Trinajstić information content (AvgIpc) is 2.58. The summed E-state index contributed by atoms with van der Waals surface area (Å²) in [5, 5.41) is 0. The van der Waals surface area contributed by atoms with Crippen molar-refractivity contribution in [3.8, 4) is 0 Å². The zero-order valence-corrected chi connectivity index (χ0v) is 20.6. The van der Waals surface area contributed by atoms with Crippen LogP contribution in [0.25, 0.3) is 0 Å². The maximum atomic E-state index is 6.36. The summed E-state index contributed by atoms with van der Waals surface area (Å²) in [4.78, 5) is 4.97. The Morgan fingerprint density at radius 3 is 2.10 bits per heavy atom. The highest BCUT2D eigenvalue weighted by molar-refractivity contribution is 6.60. The minimum absolute atomic E-state index is 0.156. The van der Waals surface area contributed by atoms with Crippen LogP contribution in [0.15, 0.2) is 23.2 Å². The minimum atomic E-state index is -2.71. The Bertz CT molecular complexity index is 698. The number of hydrogen-bond donors (Lipinski definition) is 0. The first-order valence-electron chi connectivity index (χ1n) is 10.9. The fourth-order valence-corrected chi connectivity index (χ4v) is 6.89. The first kappa shape index (κ1) is 24.1. The summed E-state index contributed by atoms with van der Waals surface area (Å²) < 4.78 is 24.5. The van der Waals surface area contributed by atoms with E-state index in [4.69, 9.17) is 23.0 Å². The van der Waals surface area contributed by atoms with E-state index in [-0.39, 0.29) is 11.1 Å². The molecule has 0 aliphatic carbocycles. The third kappa shape index (κ3) is 6.38. The molecule has 1 aromatic carbocycles. The Morgan fingerprint density at radius 2 is 1.59 bits per heavy atom. The van der Waals surface area contributed by atoms with Gasteiger partial charge in [-0.25, -0.2) is 4.99 Å². The van der Waals surface area contributed by atoms with Gasteiger partial charge in [0.1, 0.15) is 5.60 Å². The molecule has 0 fully saturated rings.